The van der Waals surface area contributed by atoms with Gasteiger partial charge in [0.2, 0.25) is 5.91 Å². The van der Waals surface area contributed by atoms with Gasteiger partial charge >= 0.3 is 0 Å². The van der Waals surface area contributed by atoms with E-state index in [0.717, 1.165) is 12.8 Å². The summed E-state index contributed by atoms with van der Waals surface area (Å²) in [4.78, 5) is 11.7. The summed E-state index contributed by atoms with van der Waals surface area (Å²) in [6, 6.07) is 0.803. The molecule has 0 aromatic rings. The number of amides is 1. The van der Waals surface area contributed by atoms with Crippen LogP contribution < -0.4 is 11.1 Å². The molecule has 0 bridgehead atoms. The Morgan fingerprint density at radius 3 is 2.30 bits per heavy atom. The van der Waals surface area contributed by atoms with Crippen molar-refractivity contribution in [1.82, 2.24) is 5.32 Å². The van der Waals surface area contributed by atoms with E-state index in [-0.39, 0.29) is 11.8 Å². The number of hydrogen-bond donors (Lipinski definition) is 2. The number of rotatable bonds is 9. The molecule has 3 N–H and O–H groups in total. The molecule has 0 aromatic carbocycles. The van der Waals surface area contributed by atoms with E-state index in [2.05, 4.69) is 26.1 Å². The van der Waals surface area contributed by atoms with Crippen LogP contribution in [0.4, 0.5) is 0 Å². The fourth-order valence-corrected chi connectivity index (χ4v) is 3.70. The van der Waals surface area contributed by atoms with Crippen molar-refractivity contribution in [3.63, 3.8) is 0 Å². The highest BCUT2D eigenvalue weighted by Gasteiger charge is 2.36. The van der Waals surface area contributed by atoms with E-state index in [0.29, 0.717) is 18.0 Å². The van der Waals surface area contributed by atoms with Crippen LogP contribution in [-0.2, 0) is 4.79 Å². The molecule has 20 heavy (non-hydrogen) atoms. The Kier molecular flexibility index (Phi) is 8.20. The second kappa shape index (κ2) is 9.38. The molecule has 1 heterocycles. The van der Waals surface area contributed by atoms with Gasteiger partial charge in [0.15, 0.2) is 0 Å². The molecule has 0 aromatic heterocycles. The number of unbranched alkanes of at least 4 members (excludes halogenated alkanes) is 6. The van der Waals surface area contributed by atoms with E-state index in [1.54, 1.807) is 0 Å². The minimum Gasteiger partial charge on any atom is -0.369 e. The summed E-state index contributed by atoms with van der Waals surface area (Å²) in [5, 5.41) is 3.59. The average molecular weight is 282 g/mol. The summed E-state index contributed by atoms with van der Waals surface area (Å²) in [5.41, 5.74) is 5.60. The third-order valence-electron chi connectivity index (χ3n) is 4.72. The van der Waals surface area contributed by atoms with Crippen molar-refractivity contribution in [3.8, 4) is 0 Å². The molecule has 1 aliphatic rings. The molecule has 0 saturated carbocycles. The second-order valence-corrected chi connectivity index (χ2v) is 6.73. The second-order valence-electron chi connectivity index (χ2n) is 6.73. The summed E-state index contributed by atoms with van der Waals surface area (Å²) in [7, 11) is 0. The van der Waals surface area contributed by atoms with Gasteiger partial charge in [0.25, 0.3) is 0 Å². The molecule has 1 amide bonds. The van der Waals surface area contributed by atoms with Gasteiger partial charge in [0.1, 0.15) is 0 Å². The van der Waals surface area contributed by atoms with Gasteiger partial charge in [-0.15, -0.1) is 0 Å². The van der Waals surface area contributed by atoms with Gasteiger partial charge in [0, 0.05) is 12.1 Å². The van der Waals surface area contributed by atoms with E-state index in [4.69, 9.17) is 5.73 Å². The van der Waals surface area contributed by atoms with Crippen molar-refractivity contribution < 1.29 is 4.79 Å². The largest absolute Gasteiger partial charge is 0.369 e. The fraction of sp³-hybridized carbons (Fsp3) is 0.941. The fourth-order valence-electron chi connectivity index (χ4n) is 3.70. The van der Waals surface area contributed by atoms with Crippen LogP contribution in [0.5, 0.6) is 0 Å². The van der Waals surface area contributed by atoms with Crippen LogP contribution in [0.1, 0.15) is 78.6 Å². The lowest BCUT2D eigenvalue weighted by Crippen LogP contribution is -2.54. The highest BCUT2D eigenvalue weighted by Crippen LogP contribution is 2.29. The number of piperidine rings is 1. The summed E-state index contributed by atoms with van der Waals surface area (Å²) in [6.07, 6.45) is 11.4. The van der Waals surface area contributed by atoms with E-state index in [9.17, 15) is 4.79 Å². The molecule has 1 rings (SSSR count). The van der Waals surface area contributed by atoms with Crippen LogP contribution in [0, 0.1) is 11.8 Å². The SMILES string of the molecule is CCCCCCCCCC1NC(C)CC(C)C1C(N)=O. The number of nitrogens with two attached hydrogens (primary N) is 1. The average Bonchev–Trinajstić information content (AvgIpc) is 2.36. The van der Waals surface area contributed by atoms with Crippen molar-refractivity contribution in [3.05, 3.63) is 0 Å². The minimum atomic E-state index is -0.121. The normalized spacial score (nSPS) is 30.4. The zero-order valence-corrected chi connectivity index (χ0v) is 13.7. The van der Waals surface area contributed by atoms with E-state index in [1.165, 1.54) is 44.9 Å². The first-order valence-corrected chi connectivity index (χ1v) is 8.61. The molecule has 3 heteroatoms. The van der Waals surface area contributed by atoms with Crippen LogP contribution in [0.3, 0.4) is 0 Å². The lowest BCUT2D eigenvalue weighted by Gasteiger charge is -2.39. The van der Waals surface area contributed by atoms with E-state index in [1.807, 2.05) is 0 Å². The maximum atomic E-state index is 11.7. The number of hydrogen-bond acceptors (Lipinski definition) is 2. The maximum absolute atomic E-state index is 11.7. The topological polar surface area (TPSA) is 55.1 Å². The molecule has 4 unspecified atom stereocenters. The van der Waals surface area contributed by atoms with Gasteiger partial charge in [-0.05, 0) is 25.7 Å². The number of carbonyl (C=O) groups excluding carboxylic acids is 1. The Hall–Kier alpha value is -0.570. The monoisotopic (exact) mass is 282 g/mol. The molecule has 0 radical (unpaired) electrons. The highest BCUT2D eigenvalue weighted by molar-refractivity contribution is 5.77. The summed E-state index contributed by atoms with van der Waals surface area (Å²) in [6.45, 7) is 6.64. The van der Waals surface area contributed by atoms with Crippen molar-refractivity contribution in [2.24, 2.45) is 17.6 Å². The van der Waals surface area contributed by atoms with Crippen LogP contribution in [0.25, 0.3) is 0 Å². The van der Waals surface area contributed by atoms with Gasteiger partial charge in [-0.1, -0.05) is 58.8 Å². The first-order valence-electron chi connectivity index (χ1n) is 8.61. The Balaban J connectivity index is 2.26. The van der Waals surface area contributed by atoms with Crippen molar-refractivity contribution in [1.29, 1.82) is 0 Å². The number of primary amides is 1. The standard InChI is InChI=1S/C17H34N2O/c1-4-5-6-7-8-9-10-11-15-16(17(18)20)13(2)12-14(3)19-15/h13-16,19H,4-12H2,1-3H3,(H2,18,20). The molecule has 0 spiro atoms. The lowest BCUT2D eigenvalue weighted by atomic mass is 9.77. The quantitative estimate of drug-likeness (QED) is 0.635. The van der Waals surface area contributed by atoms with E-state index < -0.39 is 0 Å². The van der Waals surface area contributed by atoms with Crippen LogP contribution in [-0.4, -0.2) is 18.0 Å². The third kappa shape index (κ3) is 5.82. The molecule has 1 aliphatic heterocycles. The first-order chi connectivity index (χ1) is 9.56. The summed E-state index contributed by atoms with van der Waals surface area (Å²) in [5.74, 6) is 0.314. The molecule has 3 nitrogen and oxygen atoms in total. The molecule has 0 aliphatic carbocycles. The number of nitrogens with one attached hydrogen (secondary N) is 1. The molecule has 1 fully saturated rings. The van der Waals surface area contributed by atoms with Gasteiger partial charge < -0.3 is 11.1 Å². The van der Waals surface area contributed by atoms with Crippen molar-refractivity contribution in [2.75, 3.05) is 0 Å². The lowest BCUT2D eigenvalue weighted by molar-refractivity contribution is -0.125. The van der Waals surface area contributed by atoms with Gasteiger partial charge in [0.05, 0.1) is 5.92 Å². The highest BCUT2D eigenvalue weighted by atomic mass is 16.1. The van der Waals surface area contributed by atoms with Crippen LogP contribution in [0.2, 0.25) is 0 Å². The van der Waals surface area contributed by atoms with Crippen LogP contribution in [0.15, 0.2) is 0 Å². The van der Waals surface area contributed by atoms with E-state index >= 15 is 0 Å². The van der Waals surface area contributed by atoms with Gasteiger partial charge in [-0.2, -0.15) is 0 Å². The number of carbonyl (C=O) groups is 1. The van der Waals surface area contributed by atoms with Crippen LogP contribution >= 0.6 is 0 Å². The Morgan fingerprint density at radius 1 is 1.10 bits per heavy atom. The predicted octanol–water partition coefficient (Wildman–Crippen LogP) is 3.62. The molecule has 1 saturated heterocycles. The third-order valence-corrected chi connectivity index (χ3v) is 4.72. The predicted molar refractivity (Wildman–Crippen MR) is 85.5 cm³/mol. The molecular weight excluding hydrogens is 248 g/mol. The Morgan fingerprint density at radius 2 is 1.70 bits per heavy atom. The zero-order valence-electron chi connectivity index (χ0n) is 13.7. The first kappa shape index (κ1) is 17.5. The van der Waals surface area contributed by atoms with Gasteiger partial charge in [-0.25, -0.2) is 0 Å². The molecule has 4 atom stereocenters. The summed E-state index contributed by atoms with van der Waals surface area (Å²) < 4.78 is 0. The Labute approximate surface area is 125 Å². The molecular formula is C17H34N2O. The summed E-state index contributed by atoms with van der Waals surface area (Å²) >= 11 is 0. The van der Waals surface area contributed by atoms with Crippen molar-refractivity contribution >= 4 is 5.91 Å². The minimum absolute atomic E-state index is 0.0197. The molecule has 118 valence electrons. The van der Waals surface area contributed by atoms with Gasteiger partial charge in [-0.3, -0.25) is 4.79 Å². The van der Waals surface area contributed by atoms with Crippen molar-refractivity contribution in [2.45, 2.75) is 90.6 Å². The zero-order chi connectivity index (χ0) is 15.0. The Bertz CT molecular complexity index is 280. The smallest absolute Gasteiger partial charge is 0.222 e. The maximum Gasteiger partial charge on any atom is 0.222 e.